The Morgan fingerprint density at radius 3 is 2.62 bits per heavy atom. The second kappa shape index (κ2) is 5.06. The zero-order chi connectivity index (χ0) is 12.3. The van der Waals surface area contributed by atoms with Gasteiger partial charge in [0.2, 0.25) is 0 Å². The monoisotopic (exact) mass is 296 g/mol. The fraction of sp³-hybridized carbons (Fsp3) is 0.250. The molecular weight excluding hydrogens is 290 g/mol. The number of nitrogens with zero attached hydrogens (tertiary/aromatic N) is 1. The summed E-state index contributed by atoms with van der Waals surface area (Å²) < 4.78 is 28.6. The van der Waals surface area contributed by atoms with Gasteiger partial charge in [-0.25, -0.2) is 0 Å². The number of halogens is 3. The largest absolute Gasteiger partial charge is 0.432 e. The smallest absolute Gasteiger partial charge is 0.387 e. The first-order chi connectivity index (χ1) is 7.45. The topological polar surface area (TPSA) is 64.4 Å². The normalized spacial score (nSPS) is 10.3. The van der Waals surface area contributed by atoms with E-state index in [1.165, 1.54) is 19.2 Å². The molecule has 0 aliphatic heterocycles. The molecule has 0 aliphatic carbocycles. The molecule has 0 amide bonds. The molecule has 0 aromatic heterocycles. The van der Waals surface area contributed by atoms with Crippen LogP contribution in [0.1, 0.15) is 0 Å². The second-order valence-corrected chi connectivity index (χ2v) is 3.60. The Balaban J connectivity index is 3.30. The molecule has 0 fully saturated rings. The number of nitrogens with one attached hydrogen (secondary N) is 1. The molecule has 16 heavy (non-hydrogen) atoms. The minimum atomic E-state index is -3.04. The van der Waals surface area contributed by atoms with Gasteiger partial charge in [-0.2, -0.15) is 8.78 Å². The maximum Gasteiger partial charge on any atom is 0.387 e. The molecule has 1 rings (SSSR count). The van der Waals surface area contributed by atoms with Crippen molar-refractivity contribution < 1.29 is 18.4 Å². The average Bonchev–Trinajstić information content (AvgIpc) is 2.15. The van der Waals surface area contributed by atoms with Crippen LogP contribution in [0.25, 0.3) is 0 Å². The highest BCUT2D eigenvalue weighted by molar-refractivity contribution is 9.10. The summed E-state index contributed by atoms with van der Waals surface area (Å²) >= 11 is 2.98. The Kier molecular flexibility index (Phi) is 3.99. The van der Waals surface area contributed by atoms with Crippen molar-refractivity contribution in [3.05, 3.63) is 26.7 Å². The molecule has 0 bridgehead atoms. The molecule has 0 saturated carbocycles. The Hall–Kier alpha value is -1.44. The predicted octanol–water partition coefficient (Wildman–Crippen LogP) is 3.00. The Morgan fingerprint density at radius 1 is 1.56 bits per heavy atom. The van der Waals surface area contributed by atoms with Crippen molar-refractivity contribution in [2.45, 2.75) is 6.61 Å². The van der Waals surface area contributed by atoms with E-state index in [9.17, 15) is 18.9 Å². The maximum absolute atomic E-state index is 12.1. The van der Waals surface area contributed by atoms with Gasteiger partial charge in [-0.1, -0.05) is 15.9 Å². The number of hydrogen-bond donors (Lipinski definition) is 1. The van der Waals surface area contributed by atoms with Crippen LogP contribution in [-0.4, -0.2) is 18.6 Å². The van der Waals surface area contributed by atoms with Crippen LogP contribution >= 0.6 is 15.9 Å². The summed E-state index contributed by atoms with van der Waals surface area (Å²) in [6.45, 7) is -3.04. The van der Waals surface area contributed by atoms with E-state index in [-0.39, 0.29) is 21.6 Å². The van der Waals surface area contributed by atoms with Crippen molar-refractivity contribution in [2.24, 2.45) is 0 Å². The summed E-state index contributed by atoms with van der Waals surface area (Å²) in [6.07, 6.45) is 0. The number of ether oxygens (including phenoxy) is 1. The van der Waals surface area contributed by atoms with Crippen molar-refractivity contribution >= 4 is 27.3 Å². The van der Waals surface area contributed by atoms with Crippen LogP contribution in [0.2, 0.25) is 0 Å². The van der Waals surface area contributed by atoms with Gasteiger partial charge in [0.25, 0.3) is 5.69 Å². The van der Waals surface area contributed by atoms with Crippen LogP contribution < -0.4 is 10.1 Å². The standard InChI is InChI=1S/C8H7BrF2N2O3/c1-12-7-5(13(14)15)2-4(9)3-6(7)16-8(10)11/h2-3,8,12H,1H3. The van der Waals surface area contributed by atoms with E-state index in [4.69, 9.17) is 0 Å². The van der Waals surface area contributed by atoms with Gasteiger partial charge in [0.15, 0.2) is 11.4 Å². The van der Waals surface area contributed by atoms with Crippen molar-refractivity contribution in [1.82, 2.24) is 0 Å². The fourth-order valence-corrected chi connectivity index (χ4v) is 1.58. The van der Waals surface area contributed by atoms with E-state index in [1.54, 1.807) is 0 Å². The molecule has 1 N–H and O–H groups in total. The molecule has 1 aromatic rings. The second-order valence-electron chi connectivity index (χ2n) is 2.68. The first kappa shape index (κ1) is 12.6. The molecule has 0 heterocycles. The van der Waals surface area contributed by atoms with Crippen LogP contribution in [-0.2, 0) is 0 Å². The van der Waals surface area contributed by atoms with Crippen LogP contribution in [0.3, 0.4) is 0 Å². The Labute approximate surface area is 97.7 Å². The zero-order valence-corrected chi connectivity index (χ0v) is 9.62. The van der Waals surface area contributed by atoms with Crippen molar-refractivity contribution in [2.75, 3.05) is 12.4 Å². The number of nitro groups is 1. The molecule has 0 radical (unpaired) electrons. The molecule has 0 aliphatic rings. The Bertz CT molecular complexity index is 415. The summed E-state index contributed by atoms with van der Waals surface area (Å²) in [7, 11) is 1.38. The molecule has 0 atom stereocenters. The van der Waals surface area contributed by atoms with Crippen LogP contribution in [0.15, 0.2) is 16.6 Å². The average molecular weight is 297 g/mol. The minimum absolute atomic E-state index is 0.0894. The number of hydrogen-bond acceptors (Lipinski definition) is 4. The van der Waals surface area contributed by atoms with E-state index in [2.05, 4.69) is 26.0 Å². The van der Waals surface area contributed by atoms with Gasteiger partial charge in [-0.3, -0.25) is 10.1 Å². The van der Waals surface area contributed by atoms with Crippen LogP contribution in [0, 0.1) is 10.1 Å². The number of rotatable bonds is 4. The Morgan fingerprint density at radius 2 is 2.19 bits per heavy atom. The molecule has 88 valence electrons. The summed E-state index contributed by atoms with van der Waals surface area (Å²) in [6, 6.07) is 2.43. The highest BCUT2D eigenvalue weighted by Crippen LogP contribution is 2.38. The summed E-state index contributed by atoms with van der Waals surface area (Å²) in [5.74, 6) is -0.279. The lowest BCUT2D eigenvalue weighted by molar-refractivity contribution is -0.384. The van der Waals surface area contributed by atoms with Crippen molar-refractivity contribution in [3.63, 3.8) is 0 Å². The number of anilines is 1. The van der Waals surface area contributed by atoms with E-state index in [0.717, 1.165) is 0 Å². The number of nitro benzene ring substituents is 1. The third-order valence-corrected chi connectivity index (χ3v) is 2.17. The maximum atomic E-state index is 12.1. The van der Waals surface area contributed by atoms with Gasteiger partial charge in [0, 0.05) is 17.6 Å². The van der Waals surface area contributed by atoms with Crippen molar-refractivity contribution in [1.29, 1.82) is 0 Å². The van der Waals surface area contributed by atoms with Gasteiger partial charge in [0.05, 0.1) is 4.92 Å². The minimum Gasteiger partial charge on any atom is -0.432 e. The molecule has 0 saturated heterocycles. The van der Waals surface area contributed by atoms with E-state index in [0.29, 0.717) is 0 Å². The lowest BCUT2D eigenvalue weighted by Gasteiger charge is -2.10. The van der Waals surface area contributed by atoms with Gasteiger partial charge in [-0.15, -0.1) is 0 Å². The van der Waals surface area contributed by atoms with E-state index in [1.807, 2.05) is 0 Å². The summed E-state index contributed by atoms with van der Waals surface area (Å²) in [5, 5.41) is 13.1. The number of benzene rings is 1. The lowest BCUT2D eigenvalue weighted by Crippen LogP contribution is -2.06. The summed E-state index contributed by atoms with van der Waals surface area (Å²) in [5.41, 5.74) is -0.430. The predicted molar refractivity (Wildman–Crippen MR) is 57.0 cm³/mol. The van der Waals surface area contributed by atoms with E-state index < -0.39 is 11.5 Å². The lowest BCUT2D eigenvalue weighted by atomic mass is 10.2. The molecule has 5 nitrogen and oxygen atoms in total. The van der Waals surface area contributed by atoms with Gasteiger partial charge < -0.3 is 10.1 Å². The van der Waals surface area contributed by atoms with Gasteiger partial charge in [-0.05, 0) is 6.07 Å². The third kappa shape index (κ3) is 2.78. The van der Waals surface area contributed by atoms with E-state index >= 15 is 0 Å². The molecule has 0 spiro atoms. The molecule has 8 heteroatoms. The third-order valence-electron chi connectivity index (χ3n) is 1.71. The van der Waals surface area contributed by atoms with Crippen molar-refractivity contribution in [3.8, 4) is 5.75 Å². The zero-order valence-electron chi connectivity index (χ0n) is 8.04. The highest BCUT2D eigenvalue weighted by atomic mass is 79.9. The first-order valence-electron chi connectivity index (χ1n) is 4.06. The van der Waals surface area contributed by atoms with Gasteiger partial charge in [0.1, 0.15) is 0 Å². The highest BCUT2D eigenvalue weighted by Gasteiger charge is 2.21. The summed E-state index contributed by atoms with van der Waals surface area (Å²) in [4.78, 5) is 9.99. The molecule has 1 aromatic carbocycles. The molecule has 0 unspecified atom stereocenters. The SMILES string of the molecule is CNc1c(OC(F)F)cc(Br)cc1[N+](=O)[O-]. The van der Waals surface area contributed by atoms with Crippen LogP contribution in [0.4, 0.5) is 20.2 Å². The quantitative estimate of drug-likeness (QED) is 0.685. The van der Waals surface area contributed by atoms with Gasteiger partial charge >= 0.3 is 6.61 Å². The molecular formula is C8H7BrF2N2O3. The fourth-order valence-electron chi connectivity index (χ4n) is 1.15. The number of alkyl halides is 2. The van der Waals surface area contributed by atoms with Crippen LogP contribution in [0.5, 0.6) is 5.75 Å². The first-order valence-corrected chi connectivity index (χ1v) is 4.85.